The van der Waals surface area contributed by atoms with Crippen molar-refractivity contribution in [3.05, 3.63) is 64.9 Å². The summed E-state index contributed by atoms with van der Waals surface area (Å²) in [6.07, 6.45) is 2.14. The molecule has 1 saturated heterocycles. The Hall–Kier alpha value is -2.31. The van der Waals surface area contributed by atoms with Crippen molar-refractivity contribution < 1.29 is 8.78 Å². The van der Waals surface area contributed by atoms with Crippen molar-refractivity contribution in [2.45, 2.75) is 31.8 Å². The van der Waals surface area contributed by atoms with Crippen molar-refractivity contribution in [1.29, 1.82) is 0 Å². The second-order valence-corrected chi connectivity index (χ2v) is 8.04. The molecule has 0 amide bonds. The Morgan fingerprint density at radius 2 is 1.61 bits per heavy atom. The maximum Gasteiger partial charge on any atom is 0.125 e. The lowest BCUT2D eigenvalue weighted by Gasteiger charge is -2.32. The van der Waals surface area contributed by atoms with Gasteiger partial charge in [0, 0.05) is 37.5 Å². The molecule has 0 bridgehead atoms. The molecule has 146 valence electrons. The zero-order chi connectivity index (χ0) is 19.1. The van der Waals surface area contributed by atoms with Crippen LogP contribution in [0.3, 0.4) is 0 Å². The Labute approximate surface area is 163 Å². The zero-order valence-electron chi connectivity index (χ0n) is 15.8. The molecule has 0 radical (unpaired) electrons. The van der Waals surface area contributed by atoms with Gasteiger partial charge in [-0.1, -0.05) is 6.07 Å². The number of nitrogens with zero attached hydrogens (tertiary/aromatic N) is 3. The monoisotopic (exact) mass is 382 g/mol. The summed E-state index contributed by atoms with van der Waals surface area (Å²) in [5.74, 6) is 0.0510. The summed E-state index contributed by atoms with van der Waals surface area (Å²) in [7, 11) is 0. The van der Waals surface area contributed by atoms with Crippen molar-refractivity contribution in [2.75, 3.05) is 26.2 Å². The first-order chi connectivity index (χ1) is 13.7. The second-order valence-electron chi connectivity index (χ2n) is 8.04. The third-order valence-electron chi connectivity index (χ3n) is 6.22. The molecule has 0 atom stereocenters. The van der Waals surface area contributed by atoms with Crippen molar-refractivity contribution in [2.24, 2.45) is 0 Å². The lowest BCUT2D eigenvalue weighted by Crippen LogP contribution is -2.38. The summed E-state index contributed by atoms with van der Waals surface area (Å²) in [6, 6.07) is 10.00. The molecule has 0 aliphatic carbocycles. The molecule has 2 aromatic carbocycles. The number of benzene rings is 2. The average Bonchev–Trinajstić information content (AvgIpc) is 3.29. The van der Waals surface area contributed by atoms with Crippen LogP contribution in [-0.4, -0.2) is 46.2 Å². The van der Waals surface area contributed by atoms with Crippen LogP contribution in [0.4, 0.5) is 8.78 Å². The highest BCUT2D eigenvalue weighted by Gasteiger charge is 2.25. The lowest BCUT2D eigenvalue weighted by molar-refractivity contribution is 0.172. The zero-order valence-corrected chi connectivity index (χ0v) is 15.8. The number of H-pyrrole nitrogens is 1. The molecule has 6 heteroatoms. The van der Waals surface area contributed by atoms with E-state index in [1.807, 2.05) is 12.1 Å². The summed E-state index contributed by atoms with van der Waals surface area (Å²) in [4.78, 5) is 4.90. The highest BCUT2D eigenvalue weighted by molar-refractivity contribution is 5.81. The molecule has 0 saturated carbocycles. The van der Waals surface area contributed by atoms with E-state index in [4.69, 9.17) is 0 Å². The minimum atomic E-state index is -0.232. The number of aromatic amines is 1. The molecule has 3 aromatic rings. The van der Waals surface area contributed by atoms with Gasteiger partial charge in [0.2, 0.25) is 0 Å². The first kappa shape index (κ1) is 17.8. The van der Waals surface area contributed by atoms with Gasteiger partial charge >= 0.3 is 0 Å². The largest absolute Gasteiger partial charge is 0.302 e. The molecule has 28 heavy (non-hydrogen) atoms. The van der Waals surface area contributed by atoms with Gasteiger partial charge in [0.25, 0.3) is 0 Å². The van der Waals surface area contributed by atoms with Crippen molar-refractivity contribution >= 4 is 10.9 Å². The van der Waals surface area contributed by atoms with Crippen LogP contribution in [0.1, 0.15) is 35.6 Å². The Morgan fingerprint density at radius 1 is 0.893 bits per heavy atom. The maximum absolute atomic E-state index is 13.4. The molecule has 1 fully saturated rings. The highest BCUT2D eigenvalue weighted by atomic mass is 19.1. The van der Waals surface area contributed by atoms with E-state index < -0.39 is 0 Å². The Morgan fingerprint density at radius 3 is 2.46 bits per heavy atom. The first-order valence-corrected chi connectivity index (χ1v) is 10.0. The van der Waals surface area contributed by atoms with Crippen LogP contribution < -0.4 is 0 Å². The number of fused-ring (bicyclic) bond motifs is 2. The molecule has 2 aliphatic heterocycles. The van der Waals surface area contributed by atoms with E-state index in [1.54, 1.807) is 12.1 Å². The van der Waals surface area contributed by atoms with E-state index in [0.717, 1.165) is 74.3 Å². The van der Waals surface area contributed by atoms with Crippen molar-refractivity contribution in [3.63, 3.8) is 0 Å². The van der Waals surface area contributed by atoms with Gasteiger partial charge in [0.1, 0.15) is 11.6 Å². The van der Waals surface area contributed by atoms with E-state index >= 15 is 0 Å². The van der Waals surface area contributed by atoms with Gasteiger partial charge in [-0.2, -0.15) is 5.10 Å². The summed E-state index contributed by atoms with van der Waals surface area (Å²) in [6.45, 7) is 5.91. The molecule has 3 heterocycles. The van der Waals surface area contributed by atoms with E-state index in [-0.39, 0.29) is 11.6 Å². The number of hydrogen-bond acceptors (Lipinski definition) is 3. The molecule has 2 aliphatic rings. The molecular weight excluding hydrogens is 358 g/mol. The fraction of sp³-hybridized carbons (Fsp3) is 0.409. The van der Waals surface area contributed by atoms with E-state index in [0.29, 0.717) is 5.92 Å². The Bertz CT molecular complexity index is 991. The smallest absolute Gasteiger partial charge is 0.125 e. The topological polar surface area (TPSA) is 35.2 Å². The number of piperidine rings is 1. The van der Waals surface area contributed by atoms with Crippen molar-refractivity contribution in [1.82, 2.24) is 20.0 Å². The Balaban J connectivity index is 1.15. The van der Waals surface area contributed by atoms with Gasteiger partial charge in [-0.05, 0) is 67.4 Å². The van der Waals surface area contributed by atoms with Gasteiger partial charge in [0.15, 0.2) is 0 Å². The van der Waals surface area contributed by atoms with Crippen LogP contribution in [0.2, 0.25) is 0 Å². The molecular formula is C22H24F2N4. The minimum absolute atomic E-state index is 0.142. The van der Waals surface area contributed by atoms with Crippen LogP contribution in [0.25, 0.3) is 10.9 Å². The minimum Gasteiger partial charge on any atom is -0.302 e. The number of nitrogens with one attached hydrogen (secondary N) is 1. The fourth-order valence-electron chi connectivity index (χ4n) is 4.63. The van der Waals surface area contributed by atoms with E-state index in [2.05, 4.69) is 20.0 Å². The van der Waals surface area contributed by atoms with Gasteiger partial charge in [-0.3, -0.25) is 10.00 Å². The summed E-state index contributed by atoms with van der Waals surface area (Å²) in [5, 5.41) is 8.49. The molecule has 1 N–H and O–H groups in total. The van der Waals surface area contributed by atoms with Crippen LogP contribution in [-0.2, 0) is 13.1 Å². The maximum atomic E-state index is 13.4. The van der Waals surface area contributed by atoms with Crippen LogP contribution >= 0.6 is 0 Å². The predicted molar refractivity (Wildman–Crippen MR) is 105 cm³/mol. The van der Waals surface area contributed by atoms with Gasteiger partial charge in [-0.15, -0.1) is 0 Å². The quantitative estimate of drug-likeness (QED) is 0.740. The average molecular weight is 382 g/mol. The van der Waals surface area contributed by atoms with Gasteiger partial charge in [-0.25, -0.2) is 8.78 Å². The highest BCUT2D eigenvalue weighted by Crippen LogP contribution is 2.32. The first-order valence-electron chi connectivity index (χ1n) is 10.0. The normalized spacial score (nSPS) is 18.8. The summed E-state index contributed by atoms with van der Waals surface area (Å²) in [5.41, 5.74) is 4.23. The summed E-state index contributed by atoms with van der Waals surface area (Å²) >= 11 is 0. The third-order valence-corrected chi connectivity index (χ3v) is 6.22. The predicted octanol–water partition coefficient (Wildman–Crippen LogP) is 4.04. The van der Waals surface area contributed by atoms with E-state index in [1.165, 1.54) is 17.7 Å². The standard InChI is InChI=1S/C22H24F2N4/c23-18-2-1-16-13-28(14-17(16)11-18)10-9-27-7-5-15(6-8-27)22-20-4-3-19(24)12-21(20)25-26-22/h1-4,11-12,15H,5-10,13-14H2,(H,25,26). The molecule has 1 aromatic heterocycles. The molecule has 5 rings (SSSR count). The van der Waals surface area contributed by atoms with Crippen LogP contribution in [0.15, 0.2) is 36.4 Å². The number of hydrogen-bond donors (Lipinski definition) is 1. The number of aromatic nitrogens is 2. The number of likely N-dealkylation sites (tertiary alicyclic amines) is 1. The molecule has 0 unspecified atom stereocenters. The lowest BCUT2D eigenvalue weighted by atomic mass is 9.91. The SMILES string of the molecule is Fc1ccc2c(c1)CN(CCN1CCC(c3n[nH]c4cc(F)ccc34)CC1)C2. The molecule has 4 nitrogen and oxygen atoms in total. The third kappa shape index (κ3) is 3.42. The van der Waals surface area contributed by atoms with Crippen LogP contribution in [0.5, 0.6) is 0 Å². The number of halogens is 2. The Kier molecular flexibility index (Phi) is 4.61. The summed E-state index contributed by atoms with van der Waals surface area (Å²) < 4.78 is 26.8. The van der Waals surface area contributed by atoms with Crippen molar-refractivity contribution in [3.8, 4) is 0 Å². The van der Waals surface area contributed by atoms with Gasteiger partial charge in [0.05, 0.1) is 11.2 Å². The molecule has 0 spiro atoms. The van der Waals surface area contributed by atoms with Crippen LogP contribution in [0, 0.1) is 11.6 Å². The fourth-order valence-corrected chi connectivity index (χ4v) is 4.63. The second kappa shape index (κ2) is 7.26. The van der Waals surface area contributed by atoms with E-state index in [9.17, 15) is 8.78 Å². The van der Waals surface area contributed by atoms with Gasteiger partial charge < -0.3 is 4.90 Å². The number of rotatable bonds is 4.